The summed E-state index contributed by atoms with van der Waals surface area (Å²) in [6.07, 6.45) is 1.01. The molecule has 1 aliphatic heterocycles. The summed E-state index contributed by atoms with van der Waals surface area (Å²) in [5.41, 5.74) is 3.33. The first-order valence-electron chi connectivity index (χ1n) is 9.10. The van der Waals surface area contributed by atoms with Gasteiger partial charge in [0.2, 0.25) is 5.91 Å². The molecule has 5 nitrogen and oxygen atoms in total. The number of hydrogen-bond acceptors (Lipinski definition) is 3. The van der Waals surface area contributed by atoms with Crippen LogP contribution in [-0.4, -0.2) is 51.2 Å². The van der Waals surface area contributed by atoms with E-state index in [-0.39, 0.29) is 11.9 Å². The molecule has 134 valence electrons. The minimum absolute atomic E-state index is 0.167. The van der Waals surface area contributed by atoms with Crippen molar-refractivity contribution in [1.29, 1.82) is 0 Å². The molecule has 1 aromatic carbocycles. The molecule has 0 N–H and O–H groups in total. The van der Waals surface area contributed by atoms with Crippen LogP contribution in [0.1, 0.15) is 30.3 Å². The molecule has 0 aliphatic carbocycles. The highest BCUT2D eigenvalue weighted by Crippen LogP contribution is 2.15. The Kier molecular flexibility index (Phi) is 5.53. The van der Waals surface area contributed by atoms with Crippen LogP contribution in [0.2, 0.25) is 0 Å². The lowest BCUT2D eigenvalue weighted by Gasteiger charge is -2.27. The predicted octanol–water partition coefficient (Wildman–Crippen LogP) is 2.62. The van der Waals surface area contributed by atoms with Crippen molar-refractivity contribution in [3.8, 4) is 0 Å². The Labute approximate surface area is 150 Å². The van der Waals surface area contributed by atoms with E-state index in [1.54, 1.807) is 0 Å². The fourth-order valence-corrected chi connectivity index (χ4v) is 3.53. The monoisotopic (exact) mass is 340 g/mol. The summed E-state index contributed by atoms with van der Waals surface area (Å²) in [7, 11) is 0. The van der Waals surface area contributed by atoms with Gasteiger partial charge in [0.15, 0.2) is 0 Å². The van der Waals surface area contributed by atoms with E-state index in [9.17, 15) is 4.79 Å². The van der Waals surface area contributed by atoms with Crippen LogP contribution >= 0.6 is 0 Å². The van der Waals surface area contributed by atoms with E-state index in [0.717, 1.165) is 44.0 Å². The topological polar surface area (TPSA) is 41.4 Å². The molecule has 0 saturated carbocycles. The molecule has 25 heavy (non-hydrogen) atoms. The van der Waals surface area contributed by atoms with Gasteiger partial charge in [0.05, 0.1) is 5.69 Å². The molecular weight excluding hydrogens is 312 g/mol. The van der Waals surface area contributed by atoms with Crippen LogP contribution in [0.4, 0.5) is 0 Å². The van der Waals surface area contributed by atoms with Gasteiger partial charge in [-0.1, -0.05) is 30.3 Å². The van der Waals surface area contributed by atoms with E-state index in [0.29, 0.717) is 6.54 Å². The molecule has 0 bridgehead atoms. The van der Waals surface area contributed by atoms with Crippen molar-refractivity contribution in [1.82, 2.24) is 19.6 Å². The molecule has 1 saturated heterocycles. The van der Waals surface area contributed by atoms with Gasteiger partial charge >= 0.3 is 0 Å². The standard InChI is InChI=1S/C20H28N4O/c1-16-13-18(3)24(21-16)15-20(25)23-12-11-22(10-9-17(23)2)14-19-7-5-4-6-8-19/h4-8,13,17H,9-12,14-15H2,1-3H3. The van der Waals surface area contributed by atoms with Gasteiger partial charge in [0.25, 0.3) is 0 Å². The van der Waals surface area contributed by atoms with E-state index in [2.05, 4.69) is 41.2 Å². The molecular formula is C20H28N4O. The summed E-state index contributed by atoms with van der Waals surface area (Å²) >= 11 is 0. The maximum atomic E-state index is 12.8. The first-order valence-corrected chi connectivity index (χ1v) is 9.10. The molecule has 5 heteroatoms. The zero-order valence-corrected chi connectivity index (χ0v) is 15.5. The second kappa shape index (κ2) is 7.83. The van der Waals surface area contributed by atoms with Crippen molar-refractivity contribution >= 4 is 5.91 Å². The molecule has 2 aromatic rings. The number of nitrogens with zero attached hydrogens (tertiary/aromatic N) is 4. The summed E-state index contributed by atoms with van der Waals surface area (Å²) in [5, 5.41) is 4.42. The van der Waals surface area contributed by atoms with Crippen molar-refractivity contribution < 1.29 is 4.79 Å². The second-order valence-corrected chi connectivity index (χ2v) is 7.07. The summed E-state index contributed by atoms with van der Waals surface area (Å²) in [6.45, 7) is 10.1. The Bertz CT molecular complexity index is 710. The Balaban J connectivity index is 1.61. The normalized spacial score (nSPS) is 19.0. The summed E-state index contributed by atoms with van der Waals surface area (Å²) in [5.74, 6) is 0.167. The lowest BCUT2D eigenvalue weighted by molar-refractivity contribution is -0.133. The van der Waals surface area contributed by atoms with Crippen molar-refractivity contribution in [2.24, 2.45) is 0 Å². The SMILES string of the molecule is Cc1cc(C)n(CC(=O)N2CCN(Cc3ccccc3)CCC2C)n1. The van der Waals surface area contributed by atoms with Gasteiger partial charge in [-0.15, -0.1) is 0 Å². The second-order valence-electron chi connectivity index (χ2n) is 7.07. The number of rotatable bonds is 4. The largest absolute Gasteiger partial charge is 0.337 e. The number of benzene rings is 1. The molecule has 2 heterocycles. The van der Waals surface area contributed by atoms with Crippen molar-refractivity contribution in [3.63, 3.8) is 0 Å². The van der Waals surface area contributed by atoms with Gasteiger partial charge in [-0.05, 0) is 38.8 Å². The van der Waals surface area contributed by atoms with Crippen LogP contribution in [0, 0.1) is 13.8 Å². The van der Waals surface area contributed by atoms with E-state index >= 15 is 0 Å². The highest BCUT2D eigenvalue weighted by atomic mass is 16.2. The Morgan fingerprint density at radius 1 is 1.16 bits per heavy atom. The number of carbonyl (C=O) groups excluding carboxylic acids is 1. The molecule has 1 fully saturated rings. The van der Waals surface area contributed by atoms with Crippen LogP contribution in [0.25, 0.3) is 0 Å². The van der Waals surface area contributed by atoms with Gasteiger partial charge in [-0.3, -0.25) is 14.4 Å². The van der Waals surface area contributed by atoms with Crippen LogP contribution in [0.15, 0.2) is 36.4 Å². The summed E-state index contributed by atoms with van der Waals surface area (Å²) < 4.78 is 1.82. The number of aryl methyl sites for hydroxylation is 2. The Morgan fingerprint density at radius 2 is 1.92 bits per heavy atom. The van der Waals surface area contributed by atoms with Crippen LogP contribution < -0.4 is 0 Å². The van der Waals surface area contributed by atoms with Crippen molar-refractivity contribution in [2.45, 2.75) is 46.3 Å². The molecule has 1 aromatic heterocycles. The minimum atomic E-state index is 0.167. The number of amides is 1. The molecule has 1 unspecified atom stereocenters. The Morgan fingerprint density at radius 3 is 2.60 bits per heavy atom. The highest BCUT2D eigenvalue weighted by Gasteiger charge is 2.25. The minimum Gasteiger partial charge on any atom is -0.337 e. The smallest absolute Gasteiger partial charge is 0.244 e. The van der Waals surface area contributed by atoms with Crippen molar-refractivity contribution in [3.05, 3.63) is 53.3 Å². The third-order valence-electron chi connectivity index (χ3n) is 5.01. The molecule has 0 radical (unpaired) electrons. The van der Waals surface area contributed by atoms with E-state index in [1.165, 1.54) is 5.56 Å². The van der Waals surface area contributed by atoms with E-state index in [1.807, 2.05) is 35.6 Å². The molecule has 0 spiro atoms. The van der Waals surface area contributed by atoms with Crippen LogP contribution in [0.3, 0.4) is 0 Å². The number of aromatic nitrogens is 2. The van der Waals surface area contributed by atoms with E-state index < -0.39 is 0 Å². The Hall–Kier alpha value is -2.14. The average Bonchev–Trinajstić information content (AvgIpc) is 2.78. The lowest BCUT2D eigenvalue weighted by atomic mass is 10.2. The third-order valence-corrected chi connectivity index (χ3v) is 5.01. The van der Waals surface area contributed by atoms with Gasteiger partial charge in [0.1, 0.15) is 6.54 Å². The maximum absolute atomic E-state index is 12.8. The maximum Gasteiger partial charge on any atom is 0.244 e. The number of hydrogen-bond donors (Lipinski definition) is 0. The first kappa shape index (κ1) is 17.7. The quantitative estimate of drug-likeness (QED) is 0.859. The molecule has 3 rings (SSSR count). The van der Waals surface area contributed by atoms with Gasteiger partial charge in [0, 0.05) is 37.9 Å². The fraction of sp³-hybridized carbons (Fsp3) is 0.500. The van der Waals surface area contributed by atoms with Gasteiger partial charge in [-0.25, -0.2) is 0 Å². The number of carbonyl (C=O) groups is 1. The third kappa shape index (κ3) is 4.48. The fourth-order valence-electron chi connectivity index (χ4n) is 3.53. The van der Waals surface area contributed by atoms with Gasteiger partial charge < -0.3 is 4.90 Å². The summed E-state index contributed by atoms with van der Waals surface area (Å²) in [6, 6.07) is 12.8. The average molecular weight is 340 g/mol. The predicted molar refractivity (Wildman–Crippen MR) is 99.2 cm³/mol. The molecule has 1 atom stereocenters. The molecule has 1 aliphatic rings. The van der Waals surface area contributed by atoms with Crippen LogP contribution in [0.5, 0.6) is 0 Å². The lowest BCUT2D eigenvalue weighted by Crippen LogP contribution is -2.41. The zero-order chi connectivity index (χ0) is 17.8. The van der Waals surface area contributed by atoms with Crippen molar-refractivity contribution in [2.75, 3.05) is 19.6 Å². The highest BCUT2D eigenvalue weighted by molar-refractivity contribution is 5.76. The van der Waals surface area contributed by atoms with Gasteiger partial charge in [-0.2, -0.15) is 5.10 Å². The van der Waals surface area contributed by atoms with E-state index in [4.69, 9.17) is 0 Å². The molecule has 1 amide bonds. The zero-order valence-electron chi connectivity index (χ0n) is 15.5. The van der Waals surface area contributed by atoms with Crippen LogP contribution in [-0.2, 0) is 17.9 Å². The summed E-state index contributed by atoms with van der Waals surface area (Å²) in [4.78, 5) is 17.3. The first-order chi connectivity index (χ1) is 12.0.